The average Bonchev–Trinajstić information content (AvgIpc) is 2.49. The van der Waals surface area contributed by atoms with Crippen molar-refractivity contribution in [3.63, 3.8) is 0 Å². The molecule has 9 heteroatoms. The van der Waals surface area contributed by atoms with Gasteiger partial charge in [-0.05, 0) is 37.7 Å². The van der Waals surface area contributed by atoms with Crippen LogP contribution in [-0.2, 0) is 20.0 Å². The first-order chi connectivity index (χ1) is 11.1. The fourth-order valence-corrected chi connectivity index (χ4v) is 3.57. The Kier molecular flexibility index (Phi) is 5.16. The minimum absolute atomic E-state index is 0.00924. The zero-order chi connectivity index (χ0) is 18.0. The third-order valence-corrected chi connectivity index (χ3v) is 5.25. The molecule has 2 aromatic carbocycles. The monoisotopic (exact) mass is 370 g/mol. The van der Waals surface area contributed by atoms with Crippen molar-refractivity contribution in [3.8, 4) is 11.5 Å². The maximum absolute atomic E-state index is 12.1. The maximum Gasteiger partial charge on any atom is 0.240 e. The number of ether oxygens (including phenoxy) is 1. The molecule has 0 heterocycles. The van der Waals surface area contributed by atoms with Gasteiger partial charge in [0.05, 0.1) is 16.8 Å². The number of sulfonamides is 2. The summed E-state index contributed by atoms with van der Waals surface area (Å²) in [4.78, 5) is 0.00924. The second-order valence-corrected chi connectivity index (χ2v) is 8.71. The summed E-state index contributed by atoms with van der Waals surface area (Å²) in [6.45, 7) is 1.57. The molecule has 0 aliphatic rings. The molecular formula is C15H18N2O5S2. The van der Waals surface area contributed by atoms with Crippen molar-refractivity contribution in [2.75, 3.05) is 18.0 Å². The maximum atomic E-state index is 12.1. The Hall–Kier alpha value is -2.10. The summed E-state index contributed by atoms with van der Waals surface area (Å²) in [5.41, 5.74) is 0.546. The summed E-state index contributed by atoms with van der Waals surface area (Å²) in [5, 5.41) is 0. The zero-order valence-corrected chi connectivity index (χ0v) is 15.0. The van der Waals surface area contributed by atoms with Crippen LogP contribution < -0.4 is 14.2 Å². The molecule has 130 valence electrons. The van der Waals surface area contributed by atoms with Gasteiger partial charge in [0.1, 0.15) is 5.75 Å². The lowest BCUT2D eigenvalue weighted by atomic mass is 10.2. The molecule has 0 unspecified atom stereocenters. The molecule has 0 aromatic heterocycles. The Morgan fingerprint density at radius 1 is 1.00 bits per heavy atom. The van der Waals surface area contributed by atoms with E-state index in [1.54, 1.807) is 37.3 Å². The molecule has 0 bridgehead atoms. The van der Waals surface area contributed by atoms with Crippen molar-refractivity contribution in [3.05, 3.63) is 48.0 Å². The molecule has 0 atom stereocenters. The van der Waals surface area contributed by atoms with Gasteiger partial charge in [-0.25, -0.2) is 21.6 Å². The van der Waals surface area contributed by atoms with Gasteiger partial charge in [0, 0.05) is 6.07 Å². The van der Waals surface area contributed by atoms with Gasteiger partial charge < -0.3 is 4.74 Å². The third-order valence-electron chi connectivity index (χ3n) is 3.10. The second-order valence-electron chi connectivity index (χ2n) is 5.11. The molecule has 0 saturated heterocycles. The van der Waals surface area contributed by atoms with E-state index in [0.29, 0.717) is 11.3 Å². The summed E-state index contributed by atoms with van der Waals surface area (Å²) >= 11 is 0. The molecule has 2 aromatic rings. The van der Waals surface area contributed by atoms with Crippen molar-refractivity contribution in [1.82, 2.24) is 4.72 Å². The lowest BCUT2D eigenvalue weighted by Gasteiger charge is -2.16. The summed E-state index contributed by atoms with van der Waals surface area (Å²) in [5.74, 6) is 0.539. The number of hydrogen-bond donors (Lipinski definition) is 2. The van der Waals surface area contributed by atoms with Gasteiger partial charge in [-0.3, -0.25) is 4.72 Å². The number of aryl methyl sites for hydroxylation is 1. The molecule has 2 rings (SSSR count). The van der Waals surface area contributed by atoms with Crippen LogP contribution in [0, 0.1) is 6.92 Å². The zero-order valence-electron chi connectivity index (χ0n) is 13.4. The van der Waals surface area contributed by atoms with E-state index in [1.807, 2.05) is 0 Å². The van der Waals surface area contributed by atoms with Crippen LogP contribution in [0.2, 0.25) is 0 Å². The van der Waals surface area contributed by atoms with Crippen LogP contribution in [0.3, 0.4) is 0 Å². The summed E-state index contributed by atoms with van der Waals surface area (Å²) in [6.07, 6.45) is 1.01. The number of benzene rings is 2. The number of hydrogen-bond acceptors (Lipinski definition) is 5. The molecule has 0 aliphatic heterocycles. The molecule has 0 saturated carbocycles. The molecule has 0 fully saturated rings. The lowest BCUT2D eigenvalue weighted by Crippen LogP contribution is -2.20. The van der Waals surface area contributed by atoms with Gasteiger partial charge in [-0.1, -0.05) is 18.2 Å². The SMILES string of the molecule is CNS(=O)(=O)c1cc(Oc2ccccc2)c(NS(C)(=O)=O)cc1C. The van der Waals surface area contributed by atoms with E-state index in [2.05, 4.69) is 9.44 Å². The second kappa shape index (κ2) is 6.80. The first-order valence-electron chi connectivity index (χ1n) is 6.91. The Balaban J connectivity index is 2.60. The molecular weight excluding hydrogens is 352 g/mol. The van der Waals surface area contributed by atoms with Crippen LogP contribution >= 0.6 is 0 Å². The van der Waals surface area contributed by atoms with Crippen LogP contribution in [0.25, 0.3) is 0 Å². The normalized spacial score (nSPS) is 12.0. The molecule has 0 radical (unpaired) electrons. The quantitative estimate of drug-likeness (QED) is 0.810. The summed E-state index contributed by atoms with van der Waals surface area (Å²) in [7, 11) is -5.97. The van der Waals surface area contributed by atoms with Crippen molar-refractivity contribution in [2.24, 2.45) is 0 Å². The Labute approximate surface area is 141 Å². The number of rotatable bonds is 6. The molecule has 2 N–H and O–H groups in total. The largest absolute Gasteiger partial charge is 0.455 e. The van der Waals surface area contributed by atoms with Gasteiger partial charge >= 0.3 is 0 Å². The minimum atomic E-state index is -3.71. The average molecular weight is 370 g/mol. The van der Waals surface area contributed by atoms with Gasteiger partial charge in [0.15, 0.2) is 5.75 Å². The molecule has 0 amide bonds. The van der Waals surface area contributed by atoms with Gasteiger partial charge in [-0.15, -0.1) is 0 Å². The Morgan fingerprint density at radius 2 is 1.62 bits per heavy atom. The van der Waals surface area contributed by atoms with Crippen LogP contribution in [0.5, 0.6) is 11.5 Å². The van der Waals surface area contributed by atoms with Crippen LogP contribution in [0.15, 0.2) is 47.4 Å². The van der Waals surface area contributed by atoms with E-state index in [4.69, 9.17) is 4.74 Å². The van der Waals surface area contributed by atoms with E-state index < -0.39 is 20.0 Å². The highest BCUT2D eigenvalue weighted by Gasteiger charge is 2.20. The smallest absolute Gasteiger partial charge is 0.240 e. The number of anilines is 1. The molecule has 0 spiro atoms. The minimum Gasteiger partial charge on any atom is -0.455 e. The van der Waals surface area contributed by atoms with Gasteiger partial charge in [0.2, 0.25) is 20.0 Å². The fourth-order valence-electron chi connectivity index (χ4n) is 2.05. The Morgan fingerprint density at radius 3 is 2.17 bits per heavy atom. The third kappa shape index (κ3) is 4.47. The first-order valence-corrected chi connectivity index (χ1v) is 10.3. The molecule has 0 aliphatic carbocycles. The number of para-hydroxylation sites is 1. The highest BCUT2D eigenvalue weighted by Crippen LogP contribution is 2.34. The Bertz CT molecular complexity index is 939. The van der Waals surface area contributed by atoms with Crippen molar-refractivity contribution < 1.29 is 21.6 Å². The van der Waals surface area contributed by atoms with E-state index in [1.165, 1.54) is 19.2 Å². The van der Waals surface area contributed by atoms with E-state index in [9.17, 15) is 16.8 Å². The van der Waals surface area contributed by atoms with Crippen molar-refractivity contribution in [2.45, 2.75) is 11.8 Å². The predicted octanol–water partition coefficient (Wildman–Crippen LogP) is 2.07. The molecule has 24 heavy (non-hydrogen) atoms. The van der Waals surface area contributed by atoms with Crippen LogP contribution in [0.4, 0.5) is 5.69 Å². The topological polar surface area (TPSA) is 102 Å². The van der Waals surface area contributed by atoms with E-state index in [0.717, 1.165) is 6.26 Å². The first kappa shape index (κ1) is 18.2. The standard InChI is InChI=1S/C15H18N2O5S2/c1-11-9-13(17-23(3,18)19)14(10-15(11)24(20,21)16-2)22-12-7-5-4-6-8-12/h4-10,16-17H,1-3H3. The number of nitrogens with one attached hydrogen (secondary N) is 2. The van der Waals surface area contributed by atoms with E-state index in [-0.39, 0.29) is 16.3 Å². The predicted molar refractivity (Wildman–Crippen MR) is 92.4 cm³/mol. The van der Waals surface area contributed by atoms with Crippen molar-refractivity contribution in [1.29, 1.82) is 0 Å². The van der Waals surface area contributed by atoms with Crippen LogP contribution in [-0.4, -0.2) is 30.1 Å². The summed E-state index contributed by atoms with van der Waals surface area (Å²) in [6, 6.07) is 11.4. The highest BCUT2D eigenvalue weighted by molar-refractivity contribution is 7.92. The van der Waals surface area contributed by atoms with E-state index >= 15 is 0 Å². The van der Waals surface area contributed by atoms with Gasteiger partial charge in [-0.2, -0.15) is 0 Å². The summed E-state index contributed by atoms with van der Waals surface area (Å²) < 4.78 is 57.6. The lowest BCUT2D eigenvalue weighted by molar-refractivity contribution is 0.482. The highest BCUT2D eigenvalue weighted by atomic mass is 32.2. The van der Waals surface area contributed by atoms with Crippen LogP contribution in [0.1, 0.15) is 5.56 Å². The molecule has 7 nitrogen and oxygen atoms in total. The fraction of sp³-hybridized carbons (Fsp3) is 0.200. The van der Waals surface area contributed by atoms with Crippen molar-refractivity contribution >= 4 is 25.7 Å². The van der Waals surface area contributed by atoms with Gasteiger partial charge in [0.25, 0.3) is 0 Å².